The number of nitrogens with one attached hydrogen (secondary N) is 1. The number of benzene rings is 1. The number of pyridine rings is 1. The summed E-state index contributed by atoms with van der Waals surface area (Å²) in [5.74, 6) is 0.333. The van der Waals surface area contributed by atoms with Crippen molar-refractivity contribution in [2.24, 2.45) is 5.92 Å². The number of hydrogen-bond donors (Lipinski definition) is 1. The number of fused-ring (bicyclic) bond motifs is 1. The summed E-state index contributed by atoms with van der Waals surface area (Å²) in [5.41, 5.74) is 2.60. The van der Waals surface area contributed by atoms with Gasteiger partial charge in [-0.3, -0.25) is 14.0 Å². The van der Waals surface area contributed by atoms with Crippen LogP contribution in [0, 0.1) is 12.8 Å². The van der Waals surface area contributed by atoms with Crippen LogP contribution in [0.2, 0.25) is 0 Å². The molecule has 3 heterocycles. The average Bonchev–Trinajstić information content (AvgIpc) is 3.09. The second-order valence-electron chi connectivity index (χ2n) is 7.51. The number of aromatic nitrogens is 2. The Morgan fingerprint density at radius 3 is 2.71 bits per heavy atom. The summed E-state index contributed by atoms with van der Waals surface area (Å²) in [5, 5.41) is 2.92. The van der Waals surface area contributed by atoms with Gasteiger partial charge in [0, 0.05) is 25.0 Å². The summed E-state index contributed by atoms with van der Waals surface area (Å²) in [4.78, 5) is 32.4. The molecule has 1 aliphatic rings. The zero-order valence-electron chi connectivity index (χ0n) is 16.2. The van der Waals surface area contributed by atoms with Gasteiger partial charge in [0.05, 0.1) is 5.52 Å². The van der Waals surface area contributed by atoms with Gasteiger partial charge in [-0.2, -0.15) is 0 Å². The highest BCUT2D eigenvalue weighted by Gasteiger charge is 2.27. The van der Waals surface area contributed by atoms with Crippen LogP contribution in [0.5, 0.6) is 0 Å². The monoisotopic (exact) mass is 376 g/mol. The summed E-state index contributed by atoms with van der Waals surface area (Å²) in [6.45, 7) is 5.55. The molecule has 1 aliphatic heterocycles. The van der Waals surface area contributed by atoms with Crippen LogP contribution >= 0.6 is 0 Å². The average molecular weight is 376 g/mol. The van der Waals surface area contributed by atoms with Gasteiger partial charge >= 0.3 is 0 Å². The van der Waals surface area contributed by atoms with Crippen LogP contribution in [0.15, 0.2) is 48.7 Å². The Balaban J connectivity index is 1.69. The number of anilines is 1. The van der Waals surface area contributed by atoms with E-state index in [0.29, 0.717) is 17.3 Å². The lowest BCUT2D eigenvalue weighted by molar-refractivity contribution is 0.0670. The molecular formula is C22H24N4O2. The lowest BCUT2D eigenvalue weighted by Gasteiger charge is -2.30. The molecule has 1 aromatic carbocycles. The SMILES string of the molecule is Cc1ccccc1NC(=O)c1nc(C(=O)N2CCCC(C)C2)n2ccccc12. The number of imidazole rings is 1. The summed E-state index contributed by atoms with van der Waals surface area (Å²) in [6, 6.07) is 13.1. The molecule has 6 heteroatoms. The molecule has 28 heavy (non-hydrogen) atoms. The number of hydrogen-bond acceptors (Lipinski definition) is 3. The van der Waals surface area contributed by atoms with Gasteiger partial charge in [0.2, 0.25) is 5.82 Å². The third-order valence-electron chi connectivity index (χ3n) is 5.29. The number of carbonyl (C=O) groups is 2. The fraction of sp³-hybridized carbons (Fsp3) is 0.318. The van der Waals surface area contributed by atoms with E-state index in [4.69, 9.17) is 0 Å². The summed E-state index contributed by atoms with van der Waals surface area (Å²) >= 11 is 0. The zero-order chi connectivity index (χ0) is 19.7. The van der Waals surface area contributed by atoms with Crippen LogP contribution < -0.4 is 5.32 Å². The third kappa shape index (κ3) is 3.38. The Hall–Kier alpha value is -3.15. The van der Waals surface area contributed by atoms with Gasteiger partial charge in [-0.15, -0.1) is 0 Å². The topological polar surface area (TPSA) is 66.7 Å². The molecule has 0 saturated carbocycles. The summed E-state index contributed by atoms with van der Waals surface area (Å²) in [6.07, 6.45) is 3.92. The number of nitrogens with zero attached hydrogens (tertiary/aromatic N) is 3. The van der Waals surface area contributed by atoms with Crippen molar-refractivity contribution >= 4 is 23.0 Å². The quantitative estimate of drug-likeness (QED) is 0.757. The number of likely N-dealkylation sites (tertiary alicyclic amines) is 1. The van der Waals surface area contributed by atoms with Gasteiger partial charge in [0.1, 0.15) is 0 Å². The van der Waals surface area contributed by atoms with Crippen molar-refractivity contribution in [3.8, 4) is 0 Å². The van der Waals surface area contributed by atoms with E-state index in [-0.39, 0.29) is 17.5 Å². The van der Waals surface area contributed by atoms with Crippen molar-refractivity contribution < 1.29 is 9.59 Å². The van der Waals surface area contributed by atoms with Crippen molar-refractivity contribution in [2.45, 2.75) is 26.7 Å². The Morgan fingerprint density at radius 2 is 1.93 bits per heavy atom. The highest BCUT2D eigenvalue weighted by molar-refractivity contribution is 6.09. The van der Waals surface area contributed by atoms with Crippen molar-refractivity contribution in [2.75, 3.05) is 18.4 Å². The molecule has 1 saturated heterocycles. The van der Waals surface area contributed by atoms with E-state index in [1.165, 1.54) is 0 Å². The number of carbonyl (C=O) groups excluding carboxylic acids is 2. The van der Waals surface area contributed by atoms with Crippen LogP contribution in [0.3, 0.4) is 0 Å². The standard InChI is InChI=1S/C22H24N4O2/c1-15-8-7-12-25(14-15)22(28)20-24-19(18-11-5-6-13-26(18)20)21(27)23-17-10-4-3-9-16(17)2/h3-6,9-11,13,15H,7-8,12,14H2,1-2H3,(H,23,27). The summed E-state index contributed by atoms with van der Waals surface area (Å²) in [7, 11) is 0. The Kier molecular flexibility index (Phi) is 4.86. The maximum atomic E-state index is 13.1. The molecule has 144 valence electrons. The van der Waals surface area contributed by atoms with Gasteiger partial charge < -0.3 is 10.2 Å². The predicted molar refractivity (Wildman–Crippen MR) is 109 cm³/mol. The largest absolute Gasteiger partial charge is 0.336 e. The highest BCUT2D eigenvalue weighted by atomic mass is 16.2. The van der Waals surface area contributed by atoms with E-state index >= 15 is 0 Å². The third-order valence-corrected chi connectivity index (χ3v) is 5.29. The molecule has 2 amide bonds. The summed E-state index contributed by atoms with van der Waals surface area (Å²) < 4.78 is 1.72. The van der Waals surface area contributed by atoms with E-state index < -0.39 is 0 Å². The molecule has 6 nitrogen and oxygen atoms in total. The molecule has 0 bridgehead atoms. The van der Waals surface area contributed by atoms with Crippen molar-refractivity contribution in [3.05, 3.63) is 65.7 Å². The molecule has 0 spiro atoms. The van der Waals surface area contributed by atoms with Crippen LogP contribution in [-0.4, -0.2) is 39.2 Å². The van der Waals surface area contributed by atoms with Crippen LogP contribution in [0.4, 0.5) is 5.69 Å². The fourth-order valence-electron chi connectivity index (χ4n) is 3.77. The fourth-order valence-corrected chi connectivity index (χ4v) is 3.77. The van der Waals surface area contributed by atoms with Gasteiger partial charge in [-0.1, -0.05) is 31.2 Å². The predicted octanol–water partition coefficient (Wildman–Crippen LogP) is 3.77. The van der Waals surface area contributed by atoms with Gasteiger partial charge in [0.25, 0.3) is 11.8 Å². The van der Waals surface area contributed by atoms with E-state index in [2.05, 4.69) is 17.2 Å². The van der Waals surface area contributed by atoms with E-state index in [9.17, 15) is 9.59 Å². The maximum Gasteiger partial charge on any atom is 0.290 e. The maximum absolute atomic E-state index is 13.1. The number of rotatable bonds is 3. The van der Waals surface area contributed by atoms with E-state index in [1.807, 2.05) is 54.3 Å². The minimum absolute atomic E-state index is 0.123. The molecule has 1 unspecified atom stereocenters. The lowest BCUT2D eigenvalue weighted by Crippen LogP contribution is -2.39. The molecule has 1 N–H and O–H groups in total. The van der Waals surface area contributed by atoms with Gasteiger partial charge in [0.15, 0.2) is 5.69 Å². The smallest absolute Gasteiger partial charge is 0.290 e. The van der Waals surface area contributed by atoms with Crippen LogP contribution in [0.25, 0.3) is 5.52 Å². The van der Waals surface area contributed by atoms with Crippen molar-refractivity contribution in [1.29, 1.82) is 0 Å². The lowest BCUT2D eigenvalue weighted by atomic mass is 10.0. The first-order chi connectivity index (χ1) is 13.5. The van der Waals surface area contributed by atoms with Gasteiger partial charge in [-0.25, -0.2) is 4.98 Å². The molecule has 3 aromatic rings. The molecule has 4 rings (SSSR count). The molecule has 1 fully saturated rings. The molecule has 0 radical (unpaired) electrons. The normalized spacial score (nSPS) is 16.9. The van der Waals surface area contributed by atoms with Crippen LogP contribution in [0.1, 0.15) is 46.4 Å². The second kappa shape index (κ2) is 7.46. The molecule has 1 atom stereocenters. The Labute approximate surface area is 164 Å². The number of amides is 2. The number of para-hydroxylation sites is 1. The minimum Gasteiger partial charge on any atom is -0.336 e. The number of piperidine rings is 1. The van der Waals surface area contributed by atoms with Crippen LogP contribution in [-0.2, 0) is 0 Å². The molecule has 2 aromatic heterocycles. The Bertz CT molecular complexity index is 1040. The number of aryl methyl sites for hydroxylation is 1. The van der Waals surface area contributed by atoms with E-state index in [1.54, 1.807) is 10.6 Å². The zero-order valence-corrected chi connectivity index (χ0v) is 16.2. The Morgan fingerprint density at radius 1 is 1.14 bits per heavy atom. The molecular weight excluding hydrogens is 352 g/mol. The second-order valence-corrected chi connectivity index (χ2v) is 7.51. The molecule has 0 aliphatic carbocycles. The minimum atomic E-state index is -0.316. The highest BCUT2D eigenvalue weighted by Crippen LogP contribution is 2.21. The van der Waals surface area contributed by atoms with E-state index in [0.717, 1.165) is 37.2 Å². The first kappa shape index (κ1) is 18.2. The van der Waals surface area contributed by atoms with Gasteiger partial charge in [-0.05, 0) is 49.4 Å². The van der Waals surface area contributed by atoms with Crippen molar-refractivity contribution in [3.63, 3.8) is 0 Å². The van der Waals surface area contributed by atoms with Crippen molar-refractivity contribution in [1.82, 2.24) is 14.3 Å². The first-order valence-electron chi connectivity index (χ1n) is 9.68. The first-order valence-corrected chi connectivity index (χ1v) is 9.68.